The number of ether oxygens (including phenoxy) is 5. The average molecular weight is 710 g/mol. The minimum Gasteiger partial charge on any atom is -0.487 e. The molecular formula is C33H41N3O10S2. The summed E-state index contributed by atoms with van der Waals surface area (Å²) in [6.07, 6.45) is -10.4. The Morgan fingerprint density at radius 2 is 1.96 bits per heavy atom. The highest BCUT2D eigenvalue weighted by Gasteiger charge is 2.49. The van der Waals surface area contributed by atoms with Gasteiger partial charge in [-0.3, -0.25) is 4.90 Å². The third kappa shape index (κ3) is 7.56. The van der Waals surface area contributed by atoms with Crippen LogP contribution in [-0.2, 0) is 32.5 Å². The van der Waals surface area contributed by atoms with Gasteiger partial charge in [0.15, 0.2) is 17.8 Å². The molecule has 3 aromatic rings. The number of nitrogens with zero attached hydrogens (tertiary/aromatic N) is 3. The molecule has 3 aliphatic rings. The minimum atomic E-state index is -5.04. The molecule has 6 rings (SSSR count). The number of thiazole rings is 1. The summed E-state index contributed by atoms with van der Waals surface area (Å²) in [5.41, 5.74) is 0.213. The molecule has 5 atom stereocenters. The zero-order valence-electron chi connectivity index (χ0n) is 32.5. The number of carbonyl (C=O) groups is 1. The van der Waals surface area contributed by atoms with Crippen molar-refractivity contribution in [2.24, 2.45) is 11.8 Å². The first kappa shape index (κ1) is 27.4. The molecule has 0 unspecified atom stereocenters. The van der Waals surface area contributed by atoms with Crippen LogP contribution in [0.5, 0.6) is 17.2 Å². The molecule has 2 fully saturated rings. The van der Waals surface area contributed by atoms with Gasteiger partial charge in [0.1, 0.15) is 12.4 Å². The number of benzene rings is 2. The second kappa shape index (κ2) is 14.6. The van der Waals surface area contributed by atoms with Crippen LogP contribution < -0.4 is 14.2 Å². The topological polar surface area (TPSA) is 157 Å². The van der Waals surface area contributed by atoms with Gasteiger partial charge >= 0.3 is 6.09 Å². The van der Waals surface area contributed by atoms with Crippen molar-refractivity contribution in [1.82, 2.24) is 14.2 Å². The first-order valence-electron chi connectivity index (χ1n) is 18.3. The maximum atomic E-state index is 14.4. The van der Waals surface area contributed by atoms with Crippen LogP contribution >= 0.6 is 11.3 Å². The Bertz CT molecular complexity index is 1970. The van der Waals surface area contributed by atoms with E-state index in [-0.39, 0.29) is 52.9 Å². The molecule has 0 spiro atoms. The number of hydrogen-bond acceptors (Lipinski definition) is 11. The molecule has 2 aromatic carbocycles. The molecule has 4 heterocycles. The number of aromatic nitrogens is 1. The summed E-state index contributed by atoms with van der Waals surface area (Å²) < 4.78 is 113. The van der Waals surface area contributed by atoms with Gasteiger partial charge in [0.05, 0.1) is 49.7 Å². The van der Waals surface area contributed by atoms with Crippen LogP contribution in [0.3, 0.4) is 0 Å². The lowest BCUT2D eigenvalue weighted by atomic mass is 9.93. The Labute approximate surface area is 292 Å². The van der Waals surface area contributed by atoms with Gasteiger partial charge in [-0.2, -0.15) is 4.31 Å². The molecule has 15 heteroatoms. The van der Waals surface area contributed by atoms with Crippen molar-refractivity contribution < 1.29 is 55.3 Å². The number of sulfonamides is 1. The standard InChI is InChI=1S/C33H41N3O10S2/c1-20(2)14-35(48(40,41)25-8-9-30-31(13-25)46-19-45-30)15-29(37)27(36(33(38)39)28-17-44-32-26(28)10-11-42-32)12-22-4-6-24(7-5-22)43-16-23-18-47-21(3)34-23/h4-9,13,18,20,26-29,32,37H,10-12,14-17,19H2,1-3H3,(H,38,39)/t26-,27-,28-,29+,32+/m0/s1/i12D2,15D2,27D,29D. The fraction of sp³-hybridized carbons (Fsp3) is 0.515. The van der Waals surface area contributed by atoms with Crippen LogP contribution in [0.15, 0.2) is 52.7 Å². The molecule has 3 aliphatic heterocycles. The van der Waals surface area contributed by atoms with Crippen LogP contribution in [0.4, 0.5) is 4.79 Å². The predicted octanol–water partition coefficient (Wildman–Crippen LogP) is 4.12. The first-order chi connectivity index (χ1) is 25.2. The van der Waals surface area contributed by atoms with Crippen molar-refractivity contribution in [2.45, 2.75) is 69.5 Å². The second-order valence-corrected chi connectivity index (χ2v) is 14.7. The lowest BCUT2D eigenvalue weighted by Crippen LogP contribution is -2.57. The number of hydrogen-bond donors (Lipinski definition) is 2. The highest BCUT2D eigenvalue weighted by atomic mass is 32.2. The van der Waals surface area contributed by atoms with Crippen molar-refractivity contribution >= 4 is 27.5 Å². The number of rotatable bonds is 14. The third-order valence-electron chi connectivity index (χ3n) is 7.88. The van der Waals surface area contributed by atoms with E-state index in [1.54, 1.807) is 13.8 Å². The van der Waals surface area contributed by atoms with Gasteiger partial charge < -0.3 is 33.9 Å². The van der Waals surface area contributed by atoms with Gasteiger partial charge in [0.2, 0.25) is 16.8 Å². The first-order valence-corrected chi connectivity index (χ1v) is 17.6. The van der Waals surface area contributed by atoms with Crippen LogP contribution in [0.2, 0.25) is 0 Å². The average Bonchev–Trinajstić information content (AvgIpc) is 3.92. The molecule has 48 heavy (non-hydrogen) atoms. The van der Waals surface area contributed by atoms with Crippen LogP contribution in [0.1, 0.15) is 44.8 Å². The molecule has 0 radical (unpaired) electrons. The molecule has 1 amide bonds. The van der Waals surface area contributed by atoms with E-state index >= 15 is 0 Å². The van der Waals surface area contributed by atoms with Crippen LogP contribution in [-0.4, -0.2) is 96.4 Å². The quantitative estimate of drug-likeness (QED) is 0.248. The molecule has 2 N–H and O–H groups in total. The summed E-state index contributed by atoms with van der Waals surface area (Å²) in [5.74, 6) is -0.919. The molecule has 0 saturated carbocycles. The molecule has 1 aromatic heterocycles. The molecule has 13 nitrogen and oxygen atoms in total. The summed E-state index contributed by atoms with van der Waals surface area (Å²) in [6.45, 7) is -0.0518. The number of aliphatic hydroxyl groups is 1. The SMILES string of the molecule is [2H]C([2H])(c1ccc(OCc2csc(C)n2)cc1)[C@]([2H])(N(C(=O)O)[C@H]1CO[C@H]2OCC[C@H]21)[C@]([2H])(O)C([2H])([2H])N(CC(C)C)S(=O)(=O)c1ccc2c(c1)OCO2. The summed E-state index contributed by atoms with van der Waals surface area (Å²) in [7, 11) is -5.04. The number of fused-ring (bicyclic) bond motifs is 2. The van der Waals surface area contributed by atoms with E-state index in [4.69, 9.17) is 23.7 Å². The lowest BCUT2D eigenvalue weighted by Gasteiger charge is -2.39. The van der Waals surface area contributed by atoms with E-state index in [0.29, 0.717) is 5.69 Å². The van der Waals surface area contributed by atoms with Crippen LogP contribution in [0, 0.1) is 18.8 Å². The number of carboxylic acid groups (broad SMARTS) is 1. The highest BCUT2D eigenvalue weighted by Crippen LogP contribution is 2.37. The Balaban J connectivity index is 1.48. The van der Waals surface area contributed by atoms with Crippen molar-refractivity contribution in [3.05, 3.63) is 64.1 Å². The molecule has 0 bridgehead atoms. The van der Waals surface area contributed by atoms with E-state index in [9.17, 15) is 31.6 Å². The predicted molar refractivity (Wildman–Crippen MR) is 175 cm³/mol. The van der Waals surface area contributed by atoms with E-state index < -0.39 is 88.9 Å². The monoisotopic (exact) mass is 709 g/mol. The number of amides is 1. The van der Waals surface area contributed by atoms with E-state index in [1.807, 2.05) is 12.3 Å². The summed E-state index contributed by atoms with van der Waals surface area (Å²) in [4.78, 5) is 17.4. The van der Waals surface area contributed by atoms with Gasteiger partial charge in [-0.25, -0.2) is 18.2 Å². The Hall–Kier alpha value is -3.47. The molecule has 2 saturated heterocycles. The Morgan fingerprint density at radius 3 is 2.67 bits per heavy atom. The van der Waals surface area contributed by atoms with Crippen molar-refractivity contribution in [1.29, 1.82) is 0 Å². The van der Waals surface area contributed by atoms with Crippen molar-refractivity contribution in [3.63, 3.8) is 0 Å². The maximum Gasteiger partial charge on any atom is 0.407 e. The van der Waals surface area contributed by atoms with Crippen molar-refractivity contribution in [3.8, 4) is 17.2 Å². The molecular weight excluding hydrogens is 663 g/mol. The fourth-order valence-electron chi connectivity index (χ4n) is 5.62. The smallest absolute Gasteiger partial charge is 0.407 e. The highest BCUT2D eigenvalue weighted by molar-refractivity contribution is 7.89. The summed E-state index contributed by atoms with van der Waals surface area (Å²) in [6, 6.07) is 3.23. The summed E-state index contributed by atoms with van der Waals surface area (Å²) in [5, 5.41) is 25.8. The minimum absolute atomic E-state index is 0.0363. The summed E-state index contributed by atoms with van der Waals surface area (Å²) >= 11 is 1.43. The zero-order valence-corrected chi connectivity index (χ0v) is 28.1. The Morgan fingerprint density at radius 1 is 1.19 bits per heavy atom. The maximum absolute atomic E-state index is 14.4. The van der Waals surface area contributed by atoms with Gasteiger partial charge in [-0.05, 0) is 55.5 Å². The fourth-order valence-corrected chi connectivity index (χ4v) is 7.67. The second-order valence-electron chi connectivity index (χ2n) is 11.8. The van der Waals surface area contributed by atoms with Gasteiger partial charge in [-0.15, -0.1) is 11.3 Å². The Kier molecular flexibility index (Phi) is 8.30. The zero-order chi connectivity index (χ0) is 39.4. The van der Waals surface area contributed by atoms with E-state index in [1.165, 1.54) is 41.7 Å². The third-order valence-corrected chi connectivity index (χ3v) is 10.4. The van der Waals surface area contributed by atoms with Crippen molar-refractivity contribution in [2.75, 3.05) is 33.0 Å². The van der Waals surface area contributed by atoms with E-state index in [2.05, 4.69) is 4.98 Å². The van der Waals surface area contributed by atoms with E-state index in [0.717, 1.165) is 17.1 Å². The van der Waals surface area contributed by atoms with Crippen LogP contribution in [0.25, 0.3) is 0 Å². The largest absolute Gasteiger partial charge is 0.487 e. The van der Waals surface area contributed by atoms with Gasteiger partial charge in [0.25, 0.3) is 0 Å². The normalized spacial score (nSPS) is 25.2. The molecule has 0 aliphatic carbocycles. The molecule has 260 valence electrons. The lowest BCUT2D eigenvalue weighted by molar-refractivity contribution is -0.0906. The van der Waals surface area contributed by atoms with Gasteiger partial charge in [0, 0.05) is 35.9 Å². The number of aryl methyl sites for hydroxylation is 1. The van der Waals surface area contributed by atoms with Gasteiger partial charge in [-0.1, -0.05) is 26.0 Å².